The van der Waals surface area contributed by atoms with Crippen molar-refractivity contribution in [3.05, 3.63) is 0 Å². The van der Waals surface area contributed by atoms with Crippen LogP contribution in [0.25, 0.3) is 0 Å². The molecule has 6 nitrogen and oxygen atoms in total. The summed E-state index contributed by atoms with van der Waals surface area (Å²) in [5.74, 6) is -1.23. The Morgan fingerprint density at radius 1 is 1.25 bits per heavy atom. The van der Waals surface area contributed by atoms with E-state index in [4.69, 9.17) is 5.11 Å². The van der Waals surface area contributed by atoms with Crippen molar-refractivity contribution in [2.45, 2.75) is 45.4 Å². The van der Waals surface area contributed by atoms with Crippen molar-refractivity contribution in [3.8, 4) is 0 Å². The number of hydrogen-bond acceptors (Lipinski definition) is 4. The molecule has 0 spiro atoms. The number of carboxylic acid groups (broad SMARTS) is 1. The van der Waals surface area contributed by atoms with Crippen molar-refractivity contribution in [2.75, 3.05) is 6.54 Å². The second-order valence-corrected chi connectivity index (χ2v) is 4.04. The van der Waals surface area contributed by atoms with Gasteiger partial charge in [0.15, 0.2) is 0 Å². The molecule has 0 aromatic heterocycles. The zero-order valence-electron chi connectivity index (χ0n) is 9.86. The van der Waals surface area contributed by atoms with Crippen LogP contribution >= 0.6 is 0 Å². The fraction of sp³-hybridized carbons (Fsp3) is 0.800. The van der Waals surface area contributed by atoms with Gasteiger partial charge in [0.2, 0.25) is 5.91 Å². The van der Waals surface area contributed by atoms with Gasteiger partial charge in [-0.3, -0.25) is 9.59 Å². The Kier molecular flexibility index (Phi) is 6.67. The molecule has 0 aromatic carbocycles. The first-order valence-electron chi connectivity index (χ1n) is 5.26. The van der Waals surface area contributed by atoms with Crippen LogP contribution in [0.1, 0.15) is 27.2 Å². The second kappa shape index (κ2) is 7.19. The molecule has 0 saturated heterocycles. The Morgan fingerprint density at radius 2 is 1.81 bits per heavy atom. The largest absolute Gasteiger partial charge is 0.481 e. The van der Waals surface area contributed by atoms with Gasteiger partial charge in [-0.15, -0.1) is 0 Å². The number of hydrogen-bond donors (Lipinski definition) is 4. The van der Waals surface area contributed by atoms with Gasteiger partial charge in [0.1, 0.15) is 0 Å². The number of amides is 1. The molecule has 0 fully saturated rings. The SMILES string of the molecule is CC(C)NC(=O)C(C)NCC(O)CC(=O)O. The van der Waals surface area contributed by atoms with Crippen molar-refractivity contribution in [3.63, 3.8) is 0 Å². The summed E-state index contributed by atoms with van der Waals surface area (Å²) in [5, 5.41) is 23.1. The van der Waals surface area contributed by atoms with E-state index < -0.39 is 18.1 Å². The summed E-state index contributed by atoms with van der Waals surface area (Å²) in [4.78, 5) is 21.7. The lowest BCUT2D eigenvalue weighted by Crippen LogP contribution is -2.46. The van der Waals surface area contributed by atoms with Crippen molar-refractivity contribution in [2.24, 2.45) is 0 Å². The quantitative estimate of drug-likeness (QED) is 0.466. The predicted molar refractivity (Wildman–Crippen MR) is 59.0 cm³/mol. The molecule has 2 unspecified atom stereocenters. The summed E-state index contributed by atoms with van der Waals surface area (Å²) in [6.07, 6.45) is -1.31. The number of aliphatic carboxylic acids is 1. The van der Waals surface area contributed by atoms with Crippen molar-refractivity contribution in [1.29, 1.82) is 0 Å². The van der Waals surface area contributed by atoms with E-state index in [1.54, 1.807) is 6.92 Å². The number of carboxylic acids is 1. The molecule has 16 heavy (non-hydrogen) atoms. The fourth-order valence-corrected chi connectivity index (χ4v) is 1.09. The Morgan fingerprint density at radius 3 is 2.25 bits per heavy atom. The molecule has 4 N–H and O–H groups in total. The van der Waals surface area contributed by atoms with Crippen LogP contribution in [0.3, 0.4) is 0 Å². The van der Waals surface area contributed by atoms with Gasteiger partial charge in [-0.2, -0.15) is 0 Å². The standard InChI is InChI=1S/C10H20N2O4/c1-6(2)12-10(16)7(3)11-5-8(13)4-9(14)15/h6-8,11,13H,4-5H2,1-3H3,(H,12,16)(H,14,15). The molecule has 2 atom stereocenters. The minimum atomic E-state index is -1.06. The van der Waals surface area contributed by atoms with Gasteiger partial charge in [-0.25, -0.2) is 0 Å². The molecule has 6 heteroatoms. The molecule has 1 amide bonds. The smallest absolute Gasteiger partial charge is 0.306 e. The third kappa shape index (κ3) is 7.19. The van der Waals surface area contributed by atoms with Crippen molar-refractivity contribution >= 4 is 11.9 Å². The lowest BCUT2D eigenvalue weighted by Gasteiger charge is -2.17. The maximum absolute atomic E-state index is 11.4. The van der Waals surface area contributed by atoms with E-state index in [1.165, 1.54) is 0 Å². The number of carbonyl (C=O) groups is 2. The van der Waals surface area contributed by atoms with Gasteiger partial charge >= 0.3 is 5.97 Å². The van der Waals surface area contributed by atoms with Crippen LogP contribution in [0, 0.1) is 0 Å². The maximum atomic E-state index is 11.4. The Hall–Kier alpha value is -1.14. The molecule has 0 aliphatic carbocycles. The van der Waals surface area contributed by atoms with E-state index in [9.17, 15) is 14.7 Å². The van der Waals surface area contributed by atoms with Crippen molar-refractivity contribution < 1.29 is 19.8 Å². The minimum Gasteiger partial charge on any atom is -0.481 e. The molecule has 0 aliphatic heterocycles. The molecule has 0 saturated carbocycles. The summed E-state index contributed by atoms with van der Waals surface area (Å²) >= 11 is 0. The summed E-state index contributed by atoms with van der Waals surface area (Å²) in [6.45, 7) is 5.44. The van der Waals surface area contributed by atoms with E-state index in [2.05, 4.69) is 10.6 Å². The lowest BCUT2D eigenvalue weighted by molar-refractivity contribution is -0.139. The van der Waals surface area contributed by atoms with E-state index >= 15 is 0 Å². The lowest BCUT2D eigenvalue weighted by atomic mass is 10.2. The minimum absolute atomic E-state index is 0.0562. The molecule has 0 aliphatic rings. The number of nitrogens with one attached hydrogen (secondary N) is 2. The number of aliphatic hydroxyl groups is 1. The highest BCUT2D eigenvalue weighted by molar-refractivity contribution is 5.81. The summed E-state index contributed by atoms with van der Waals surface area (Å²) in [5.41, 5.74) is 0. The number of aliphatic hydroxyl groups excluding tert-OH is 1. The summed E-state index contributed by atoms with van der Waals surface area (Å²) in [6, 6.07) is -0.397. The molecule has 0 rings (SSSR count). The normalized spacial score (nSPS) is 14.6. The second-order valence-electron chi connectivity index (χ2n) is 4.04. The van der Waals surface area contributed by atoms with Crippen LogP contribution < -0.4 is 10.6 Å². The molecule has 0 heterocycles. The van der Waals surface area contributed by atoms with Gasteiger partial charge in [-0.05, 0) is 20.8 Å². The molecule has 0 bridgehead atoms. The highest BCUT2D eigenvalue weighted by Gasteiger charge is 2.15. The van der Waals surface area contributed by atoms with E-state index in [-0.39, 0.29) is 24.9 Å². The average molecular weight is 232 g/mol. The first-order chi connectivity index (χ1) is 7.32. The van der Waals surface area contributed by atoms with Gasteiger partial charge in [0.25, 0.3) is 0 Å². The predicted octanol–water partition coefficient (Wildman–Crippen LogP) is -0.675. The molecule has 94 valence electrons. The van der Waals surface area contributed by atoms with Gasteiger partial charge in [0.05, 0.1) is 18.6 Å². The molecule has 0 radical (unpaired) electrons. The zero-order chi connectivity index (χ0) is 12.7. The van der Waals surface area contributed by atoms with Crippen molar-refractivity contribution in [1.82, 2.24) is 10.6 Å². The fourth-order valence-electron chi connectivity index (χ4n) is 1.09. The molecular formula is C10H20N2O4. The molecular weight excluding hydrogens is 212 g/mol. The number of rotatable bonds is 7. The van der Waals surface area contributed by atoms with Crippen LogP contribution in [0.2, 0.25) is 0 Å². The topological polar surface area (TPSA) is 98.7 Å². The monoisotopic (exact) mass is 232 g/mol. The van der Waals surface area contributed by atoms with Crippen LogP contribution in [0.5, 0.6) is 0 Å². The van der Waals surface area contributed by atoms with Crippen LogP contribution in [-0.4, -0.2) is 46.8 Å². The van der Waals surface area contributed by atoms with Gasteiger partial charge < -0.3 is 20.8 Å². The first kappa shape index (κ1) is 14.9. The summed E-state index contributed by atoms with van der Waals surface area (Å²) < 4.78 is 0. The maximum Gasteiger partial charge on any atom is 0.306 e. The molecule has 0 aromatic rings. The Labute approximate surface area is 95.0 Å². The average Bonchev–Trinajstić information content (AvgIpc) is 2.11. The van der Waals surface area contributed by atoms with E-state index in [1.807, 2.05) is 13.8 Å². The van der Waals surface area contributed by atoms with Crippen LogP contribution in [0.15, 0.2) is 0 Å². The third-order valence-corrected chi connectivity index (χ3v) is 1.89. The third-order valence-electron chi connectivity index (χ3n) is 1.89. The van der Waals surface area contributed by atoms with Crippen LogP contribution in [0.4, 0.5) is 0 Å². The highest BCUT2D eigenvalue weighted by Crippen LogP contribution is 1.92. The number of carbonyl (C=O) groups excluding carboxylic acids is 1. The van der Waals surface area contributed by atoms with E-state index in [0.29, 0.717) is 0 Å². The Balaban J connectivity index is 3.83. The Bertz CT molecular complexity index is 243. The van der Waals surface area contributed by atoms with Gasteiger partial charge in [-0.1, -0.05) is 0 Å². The first-order valence-corrected chi connectivity index (χ1v) is 5.26. The zero-order valence-corrected chi connectivity index (χ0v) is 9.86. The van der Waals surface area contributed by atoms with Crippen LogP contribution in [-0.2, 0) is 9.59 Å². The van der Waals surface area contributed by atoms with E-state index in [0.717, 1.165) is 0 Å². The summed E-state index contributed by atoms with van der Waals surface area (Å²) in [7, 11) is 0. The van der Waals surface area contributed by atoms with Gasteiger partial charge in [0, 0.05) is 12.6 Å². The highest BCUT2D eigenvalue weighted by atomic mass is 16.4.